The summed E-state index contributed by atoms with van der Waals surface area (Å²) in [6, 6.07) is 7.13. The van der Waals surface area contributed by atoms with Gasteiger partial charge in [0, 0.05) is 24.7 Å². The molecule has 184 valence electrons. The highest BCUT2D eigenvalue weighted by Gasteiger charge is 2.30. The summed E-state index contributed by atoms with van der Waals surface area (Å²) in [5, 5.41) is 0.348. The average molecular weight is 513 g/mol. The van der Waals surface area contributed by atoms with E-state index in [0.29, 0.717) is 18.2 Å². The number of amides is 1. The third kappa shape index (κ3) is 6.53. The Morgan fingerprint density at radius 3 is 2.44 bits per heavy atom. The highest BCUT2D eigenvalue weighted by molar-refractivity contribution is 7.89. The van der Waals surface area contributed by atoms with E-state index in [1.807, 2.05) is 4.72 Å². The zero-order valence-corrected chi connectivity index (χ0v) is 20.4. The molecule has 2 aromatic rings. The van der Waals surface area contributed by atoms with Crippen LogP contribution in [0, 0.1) is 11.6 Å². The van der Waals surface area contributed by atoms with E-state index in [9.17, 15) is 22.0 Å². The normalized spacial score (nSPS) is 17.6. The number of hydrogen-bond acceptors (Lipinski definition) is 5. The first-order chi connectivity index (χ1) is 16.1. The molecule has 0 aromatic heterocycles. The summed E-state index contributed by atoms with van der Waals surface area (Å²) in [5.74, 6) is -1.79. The van der Waals surface area contributed by atoms with Crippen LogP contribution in [0.2, 0.25) is 5.02 Å². The molecule has 10 heteroatoms. The standard InChI is InChI=1S/C24H27ClF2N2O4S/c1-34(31,32)28-24(30)21-12-20(15-2-3-15)17(10-23(21)27)13-29-8-6-19(7-9-29)33-14-16-4-5-18(26)11-22(16)25/h4-5,10-12,15,19H,2-3,6-9,13-14H2,1H3,(H,28,30). The maximum atomic E-state index is 14.7. The number of carbonyl (C=O) groups excluding carboxylic acids is 1. The zero-order chi connectivity index (χ0) is 24.5. The number of rotatable bonds is 8. The Morgan fingerprint density at radius 1 is 1.12 bits per heavy atom. The molecule has 0 spiro atoms. The second-order valence-electron chi connectivity index (χ2n) is 9.03. The van der Waals surface area contributed by atoms with E-state index in [-0.39, 0.29) is 23.4 Å². The lowest BCUT2D eigenvalue weighted by Crippen LogP contribution is -2.36. The van der Waals surface area contributed by atoms with Crippen molar-refractivity contribution >= 4 is 27.5 Å². The van der Waals surface area contributed by atoms with Gasteiger partial charge in [-0.25, -0.2) is 21.9 Å². The zero-order valence-electron chi connectivity index (χ0n) is 18.8. The van der Waals surface area contributed by atoms with E-state index in [2.05, 4.69) is 4.90 Å². The lowest BCUT2D eigenvalue weighted by Gasteiger charge is -2.32. The molecule has 0 atom stereocenters. The predicted octanol–water partition coefficient (Wildman–Crippen LogP) is 4.37. The second kappa shape index (κ2) is 10.3. The summed E-state index contributed by atoms with van der Waals surface area (Å²) in [5.41, 5.74) is 2.23. The molecule has 1 amide bonds. The molecule has 6 nitrogen and oxygen atoms in total. The Labute approximate surface area is 203 Å². The number of benzene rings is 2. The molecule has 2 fully saturated rings. The largest absolute Gasteiger partial charge is 0.373 e. The molecule has 1 saturated heterocycles. The van der Waals surface area contributed by atoms with Gasteiger partial charge in [-0.15, -0.1) is 0 Å². The molecule has 1 aliphatic heterocycles. The first kappa shape index (κ1) is 25.0. The Bertz CT molecular complexity index is 1180. The molecular weight excluding hydrogens is 486 g/mol. The maximum Gasteiger partial charge on any atom is 0.267 e. The van der Waals surface area contributed by atoms with Crippen molar-refractivity contribution in [1.82, 2.24) is 9.62 Å². The fourth-order valence-corrected chi connectivity index (χ4v) is 4.93. The van der Waals surface area contributed by atoms with E-state index in [0.717, 1.165) is 61.7 Å². The van der Waals surface area contributed by atoms with Crippen molar-refractivity contribution in [3.05, 3.63) is 69.2 Å². The van der Waals surface area contributed by atoms with Crippen molar-refractivity contribution in [2.75, 3.05) is 19.3 Å². The molecule has 34 heavy (non-hydrogen) atoms. The quantitative estimate of drug-likeness (QED) is 0.568. The van der Waals surface area contributed by atoms with Crippen molar-refractivity contribution in [1.29, 1.82) is 0 Å². The van der Waals surface area contributed by atoms with Gasteiger partial charge in [-0.1, -0.05) is 17.7 Å². The lowest BCUT2D eigenvalue weighted by molar-refractivity contribution is -0.00398. The van der Waals surface area contributed by atoms with Gasteiger partial charge in [0.1, 0.15) is 11.6 Å². The van der Waals surface area contributed by atoms with E-state index < -0.39 is 21.7 Å². The SMILES string of the molecule is CS(=O)(=O)NC(=O)c1cc(C2CC2)c(CN2CCC(OCc3ccc(F)cc3Cl)CC2)cc1F. The Morgan fingerprint density at radius 2 is 1.82 bits per heavy atom. The minimum atomic E-state index is -3.78. The summed E-state index contributed by atoms with van der Waals surface area (Å²) < 4.78 is 58.5. The fraction of sp³-hybridized carbons (Fsp3) is 0.458. The molecule has 0 bridgehead atoms. The van der Waals surface area contributed by atoms with Gasteiger partial charge in [-0.05, 0) is 72.6 Å². The first-order valence-corrected chi connectivity index (χ1v) is 13.5. The van der Waals surface area contributed by atoms with Crippen molar-refractivity contribution in [2.45, 2.75) is 50.9 Å². The van der Waals surface area contributed by atoms with E-state index in [4.69, 9.17) is 16.3 Å². The van der Waals surface area contributed by atoms with Crippen molar-refractivity contribution < 1.29 is 26.7 Å². The van der Waals surface area contributed by atoms with E-state index in [1.165, 1.54) is 24.3 Å². The molecular formula is C24H27ClF2N2O4S. The number of hydrogen-bond donors (Lipinski definition) is 1. The lowest BCUT2D eigenvalue weighted by atomic mass is 9.97. The summed E-state index contributed by atoms with van der Waals surface area (Å²) >= 11 is 6.07. The molecule has 4 rings (SSSR count). The first-order valence-electron chi connectivity index (χ1n) is 11.2. The minimum absolute atomic E-state index is 0.0547. The number of ether oxygens (including phenoxy) is 1. The summed E-state index contributed by atoms with van der Waals surface area (Å²) in [4.78, 5) is 14.5. The van der Waals surface area contributed by atoms with Gasteiger partial charge >= 0.3 is 0 Å². The molecule has 0 unspecified atom stereocenters. The van der Waals surface area contributed by atoms with Crippen molar-refractivity contribution in [3.63, 3.8) is 0 Å². The summed E-state index contributed by atoms with van der Waals surface area (Å²) in [7, 11) is -3.78. The number of sulfonamides is 1. The molecule has 1 N–H and O–H groups in total. The number of carbonyl (C=O) groups is 1. The number of piperidine rings is 1. The van der Waals surface area contributed by atoms with Gasteiger partial charge in [-0.2, -0.15) is 0 Å². The fourth-order valence-electron chi connectivity index (χ4n) is 4.26. The molecule has 1 saturated carbocycles. The topological polar surface area (TPSA) is 75.7 Å². The molecule has 0 radical (unpaired) electrons. The van der Waals surface area contributed by atoms with Gasteiger partial charge < -0.3 is 4.74 Å². The molecule has 1 heterocycles. The predicted molar refractivity (Wildman–Crippen MR) is 125 cm³/mol. The smallest absolute Gasteiger partial charge is 0.267 e. The molecule has 2 aromatic carbocycles. The van der Waals surface area contributed by atoms with Crippen LogP contribution in [-0.4, -0.2) is 44.7 Å². The van der Waals surface area contributed by atoms with E-state index in [1.54, 1.807) is 6.07 Å². The Hall–Kier alpha value is -2.07. The average Bonchev–Trinajstić information content (AvgIpc) is 3.58. The monoisotopic (exact) mass is 512 g/mol. The Balaban J connectivity index is 1.37. The Kier molecular flexibility index (Phi) is 7.57. The van der Waals surface area contributed by atoms with Crippen LogP contribution in [0.5, 0.6) is 0 Å². The van der Waals surface area contributed by atoms with Gasteiger partial charge in [0.15, 0.2) is 0 Å². The third-order valence-corrected chi connectivity index (χ3v) is 7.10. The number of likely N-dealkylation sites (tertiary alicyclic amines) is 1. The number of nitrogens with zero attached hydrogens (tertiary/aromatic N) is 1. The highest BCUT2D eigenvalue weighted by atomic mass is 35.5. The minimum Gasteiger partial charge on any atom is -0.373 e. The van der Waals surface area contributed by atoms with Crippen molar-refractivity contribution in [2.24, 2.45) is 0 Å². The number of halogens is 3. The number of nitrogens with one attached hydrogen (secondary N) is 1. The van der Waals surface area contributed by atoms with Crippen LogP contribution in [-0.2, 0) is 27.9 Å². The van der Waals surface area contributed by atoms with Crippen LogP contribution in [0.1, 0.15) is 58.6 Å². The highest BCUT2D eigenvalue weighted by Crippen LogP contribution is 2.43. The van der Waals surface area contributed by atoms with Crippen LogP contribution >= 0.6 is 11.6 Å². The van der Waals surface area contributed by atoms with Crippen LogP contribution in [0.15, 0.2) is 30.3 Å². The van der Waals surface area contributed by atoms with Gasteiger partial charge in [0.05, 0.1) is 24.5 Å². The van der Waals surface area contributed by atoms with Crippen LogP contribution < -0.4 is 4.72 Å². The van der Waals surface area contributed by atoms with Gasteiger partial charge in [0.25, 0.3) is 5.91 Å². The van der Waals surface area contributed by atoms with Gasteiger partial charge in [0.2, 0.25) is 10.0 Å². The van der Waals surface area contributed by atoms with E-state index >= 15 is 0 Å². The second-order valence-corrected chi connectivity index (χ2v) is 11.2. The van der Waals surface area contributed by atoms with Crippen LogP contribution in [0.3, 0.4) is 0 Å². The summed E-state index contributed by atoms with van der Waals surface area (Å²) in [6.45, 7) is 2.40. The summed E-state index contributed by atoms with van der Waals surface area (Å²) in [6.07, 6.45) is 4.45. The molecule has 2 aliphatic rings. The van der Waals surface area contributed by atoms with Crippen LogP contribution in [0.25, 0.3) is 0 Å². The van der Waals surface area contributed by atoms with Crippen LogP contribution in [0.4, 0.5) is 8.78 Å². The van der Waals surface area contributed by atoms with Crippen molar-refractivity contribution in [3.8, 4) is 0 Å². The molecule has 1 aliphatic carbocycles. The third-order valence-electron chi connectivity index (χ3n) is 6.19. The maximum absolute atomic E-state index is 14.7. The van der Waals surface area contributed by atoms with Gasteiger partial charge in [-0.3, -0.25) is 9.69 Å².